The molecule has 0 aliphatic carbocycles. The van der Waals surface area contributed by atoms with Gasteiger partial charge in [0.05, 0.1) is 18.3 Å². The fraction of sp³-hybridized carbons (Fsp3) is 1.00. The Hall–Kier alpha value is -0.210. The maximum Gasteiger partial charge on any atom is 0.277 e. The standard InChI is InChI=1S/C7H16N2O4S/c1-7(2)5-9(14(8,11)12)3-6(4-10)13-7/h6,10H,3-5H2,1-2H3,(H2,8,11,12). The first-order valence-corrected chi connectivity index (χ1v) is 5.81. The van der Waals surface area contributed by atoms with Crippen LogP contribution in [0.4, 0.5) is 0 Å². The van der Waals surface area contributed by atoms with Gasteiger partial charge in [-0.05, 0) is 13.8 Å². The molecule has 1 atom stereocenters. The summed E-state index contributed by atoms with van der Waals surface area (Å²) in [5.74, 6) is 0. The second-order valence-corrected chi connectivity index (χ2v) is 5.57. The molecule has 1 heterocycles. The van der Waals surface area contributed by atoms with Crippen molar-refractivity contribution in [2.45, 2.75) is 25.6 Å². The molecule has 0 bridgehead atoms. The molecular weight excluding hydrogens is 208 g/mol. The van der Waals surface area contributed by atoms with E-state index < -0.39 is 21.9 Å². The molecule has 0 radical (unpaired) electrons. The number of hydrogen-bond donors (Lipinski definition) is 2. The van der Waals surface area contributed by atoms with Gasteiger partial charge >= 0.3 is 0 Å². The van der Waals surface area contributed by atoms with Crippen molar-refractivity contribution in [1.82, 2.24) is 4.31 Å². The van der Waals surface area contributed by atoms with Crippen molar-refractivity contribution in [3.05, 3.63) is 0 Å². The fourth-order valence-corrected chi connectivity index (χ4v) is 2.40. The predicted octanol–water partition coefficient (Wildman–Crippen LogP) is -1.34. The molecule has 3 N–H and O–H groups in total. The Balaban J connectivity index is 2.81. The molecule has 6 nitrogen and oxygen atoms in total. The average Bonchev–Trinajstić information content (AvgIpc) is 1.99. The predicted molar refractivity (Wildman–Crippen MR) is 50.7 cm³/mol. The van der Waals surface area contributed by atoms with Crippen molar-refractivity contribution < 1.29 is 18.3 Å². The lowest BCUT2D eigenvalue weighted by atomic mass is 10.1. The molecule has 0 aromatic rings. The number of ether oxygens (including phenoxy) is 1. The van der Waals surface area contributed by atoms with E-state index in [9.17, 15) is 8.42 Å². The van der Waals surface area contributed by atoms with E-state index >= 15 is 0 Å². The van der Waals surface area contributed by atoms with E-state index in [1.165, 1.54) is 0 Å². The van der Waals surface area contributed by atoms with E-state index in [2.05, 4.69) is 0 Å². The van der Waals surface area contributed by atoms with Crippen LogP contribution in [0.3, 0.4) is 0 Å². The molecule has 0 spiro atoms. The Labute approximate surface area is 83.8 Å². The fourth-order valence-electron chi connectivity index (χ4n) is 1.53. The second kappa shape index (κ2) is 3.74. The molecule has 0 aromatic carbocycles. The maximum atomic E-state index is 11.1. The molecule has 1 aliphatic rings. The molecule has 1 rings (SSSR count). The number of morpholine rings is 1. The molecule has 7 heteroatoms. The number of hydrogen-bond acceptors (Lipinski definition) is 4. The molecule has 1 fully saturated rings. The minimum absolute atomic E-state index is 0.110. The lowest BCUT2D eigenvalue weighted by Crippen LogP contribution is -2.56. The van der Waals surface area contributed by atoms with Crippen LogP contribution in [-0.2, 0) is 14.9 Å². The molecule has 0 saturated carbocycles. The van der Waals surface area contributed by atoms with E-state index in [0.717, 1.165) is 4.31 Å². The Kier molecular flexibility index (Phi) is 3.17. The van der Waals surface area contributed by atoms with Crippen LogP contribution in [0.2, 0.25) is 0 Å². The van der Waals surface area contributed by atoms with Gasteiger partial charge in [0.15, 0.2) is 0 Å². The molecule has 1 aliphatic heterocycles. The van der Waals surface area contributed by atoms with Crippen molar-refractivity contribution in [2.75, 3.05) is 19.7 Å². The largest absolute Gasteiger partial charge is 0.394 e. The summed E-state index contributed by atoms with van der Waals surface area (Å²) < 4.78 is 28.8. The van der Waals surface area contributed by atoms with Crippen molar-refractivity contribution in [1.29, 1.82) is 0 Å². The second-order valence-electron chi connectivity index (χ2n) is 4.02. The van der Waals surface area contributed by atoms with Crippen LogP contribution in [-0.4, -0.2) is 49.2 Å². The Morgan fingerprint density at radius 2 is 2.21 bits per heavy atom. The van der Waals surface area contributed by atoms with E-state index in [1.807, 2.05) is 0 Å². The van der Waals surface area contributed by atoms with Crippen LogP contribution >= 0.6 is 0 Å². The van der Waals surface area contributed by atoms with Gasteiger partial charge < -0.3 is 9.84 Å². The highest BCUT2D eigenvalue weighted by Crippen LogP contribution is 2.21. The highest BCUT2D eigenvalue weighted by molar-refractivity contribution is 7.86. The Morgan fingerprint density at radius 3 is 2.64 bits per heavy atom. The van der Waals surface area contributed by atoms with Gasteiger partial charge in [0.25, 0.3) is 10.2 Å². The summed E-state index contributed by atoms with van der Waals surface area (Å²) in [5.41, 5.74) is -0.613. The third-order valence-electron chi connectivity index (χ3n) is 2.01. The summed E-state index contributed by atoms with van der Waals surface area (Å²) in [5, 5.41) is 13.9. The first-order valence-electron chi connectivity index (χ1n) is 4.31. The van der Waals surface area contributed by atoms with Crippen molar-refractivity contribution >= 4 is 10.2 Å². The number of nitrogens with two attached hydrogens (primary N) is 1. The van der Waals surface area contributed by atoms with Crippen LogP contribution in [0.25, 0.3) is 0 Å². The van der Waals surface area contributed by atoms with Crippen molar-refractivity contribution in [3.8, 4) is 0 Å². The summed E-state index contributed by atoms with van der Waals surface area (Å²) in [6.45, 7) is 3.62. The first kappa shape index (κ1) is 11.9. The van der Waals surface area contributed by atoms with E-state index in [4.69, 9.17) is 15.0 Å². The number of aliphatic hydroxyl groups excluding tert-OH is 1. The lowest BCUT2D eigenvalue weighted by Gasteiger charge is -2.40. The topological polar surface area (TPSA) is 92.9 Å². The number of nitrogens with zero attached hydrogens (tertiary/aromatic N) is 1. The van der Waals surface area contributed by atoms with Crippen LogP contribution in [0, 0.1) is 0 Å². The maximum absolute atomic E-state index is 11.1. The quantitative estimate of drug-likeness (QED) is 0.607. The molecule has 1 saturated heterocycles. The van der Waals surface area contributed by atoms with E-state index in [0.29, 0.717) is 0 Å². The summed E-state index contributed by atoms with van der Waals surface area (Å²) in [7, 11) is -3.70. The van der Waals surface area contributed by atoms with Gasteiger partial charge in [-0.3, -0.25) is 0 Å². The zero-order chi connectivity index (χ0) is 11.0. The zero-order valence-electron chi connectivity index (χ0n) is 8.30. The summed E-state index contributed by atoms with van der Waals surface area (Å²) in [6.07, 6.45) is -0.503. The monoisotopic (exact) mass is 224 g/mol. The molecule has 84 valence electrons. The molecule has 0 amide bonds. The van der Waals surface area contributed by atoms with Crippen molar-refractivity contribution in [3.63, 3.8) is 0 Å². The van der Waals surface area contributed by atoms with E-state index in [1.54, 1.807) is 13.8 Å². The van der Waals surface area contributed by atoms with Crippen molar-refractivity contribution in [2.24, 2.45) is 5.14 Å². The van der Waals surface area contributed by atoms with Gasteiger partial charge in [0, 0.05) is 13.1 Å². The Morgan fingerprint density at radius 1 is 1.64 bits per heavy atom. The Bertz CT molecular complexity index is 301. The van der Waals surface area contributed by atoms with Gasteiger partial charge in [0.2, 0.25) is 0 Å². The lowest BCUT2D eigenvalue weighted by molar-refractivity contribution is -0.131. The third-order valence-corrected chi connectivity index (χ3v) is 3.01. The minimum Gasteiger partial charge on any atom is -0.394 e. The van der Waals surface area contributed by atoms with E-state index in [-0.39, 0.29) is 19.7 Å². The third kappa shape index (κ3) is 2.89. The number of aliphatic hydroxyl groups is 1. The SMILES string of the molecule is CC1(C)CN(S(N)(=O)=O)CC(CO)O1. The van der Waals surface area contributed by atoms with Gasteiger partial charge in [-0.2, -0.15) is 12.7 Å². The van der Waals surface area contributed by atoms with Gasteiger partial charge in [-0.15, -0.1) is 0 Å². The molecule has 1 unspecified atom stereocenters. The number of rotatable bonds is 2. The van der Waals surface area contributed by atoms with Gasteiger partial charge in [-0.1, -0.05) is 0 Å². The molecule has 14 heavy (non-hydrogen) atoms. The zero-order valence-corrected chi connectivity index (χ0v) is 9.12. The highest BCUT2D eigenvalue weighted by Gasteiger charge is 2.37. The summed E-state index contributed by atoms with van der Waals surface area (Å²) >= 11 is 0. The van der Waals surface area contributed by atoms with Gasteiger partial charge in [-0.25, -0.2) is 5.14 Å². The molecular formula is C7H16N2O4S. The van der Waals surface area contributed by atoms with Crippen LogP contribution in [0.1, 0.15) is 13.8 Å². The summed E-state index contributed by atoms with van der Waals surface area (Å²) in [6, 6.07) is 0. The van der Waals surface area contributed by atoms with Crippen LogP contribution < -0.4 is 5.14 Å². The normalized spacial score (nSPS) is 29.0. The first-order chi connectivity index (χ1) is 6.24. The minimum atomic E-state index is -3.70. The smallest absolute Gasteiger partial charge is 0.277 e. The van der Waals surface area contributed by atoms with Crippen LogP contribution in [0.5, 0.6) is 0 Å². The summed E-state index contributed by atoms with van der Waals surface area (Å²) in [4.78, 5) is 0. The highest BCUT2D eigenvalue weighted by atomic mass is 32.2. The average molecular weight is 224 g/mol. The van der Waals surface area contributed by atoms with Crippen LogP contribution in [0.15, 0.2) is 0 Å². The van der Waals surface area contributed by atoms with Gasteiger partial charge in [0.1, 0.15) is 0 Å². The molecule has 0 aromatic heterocycles.